The van der Waals surface area contributed by atoms with Crippen molar-refractivity contribution in [3.05, 3.63) is 29.8 Å². The monoisotopic (exact) mass is 362 g/mol. The van der Waals surface area contributed by atoms with Gasteiger partial charge in [0.05, 0.1) is 5.56 Å². The smallest absolute Gasteiger partial charge is 0.407 e. The first-order valence-electron chi connectivity index (χ1n) is 7.06. The minimum absolute atomic E-state index is 0.0618. The zero-order valence-corrected chi connectivity index (χ0v) is 14.1. The van der Waals surface area contributed by atoms with Gasteiger partial charge in [-0.05, 0) is 26.1 Å². The first-order chi connectivity index (χ1) is 11.1. The second-order valence-electron chi connectivity index (χ2n) is 5.61. The lowest BCUT2D eigenvalue weighted by atomic mass is 10.0. The molecule has 0 spiro atoms. The Kier molecular flexibility index (Phi) is 5.14. The third-order valence-corrected chi connectivity index (χ3v) is 5.38. The molecular weight excluding hydrogens is 345 g/mol. The van der Waals surface area contributed by atoms with E-state index < -0.39 is 29.1 Å². The summed E-state index contributed by atoms with van der Waals surface area (Å²) in [5, 5.41) is 2.54. The summed E-state index contributed by atoms with van der Waals surface area (Å²) in [6.45, 7) is 2.29. The lowest BCUT2D eigenvalue weighted by Crippen LogP contribution is -2.57. The van der Waals surface area contributed by atoms with Crippen LogP contribution in [-0.4, -0.2) is 46.8 Å². The molecule has 2 atom stereocenters. The van der Waals surface area contributed by atoms with Crippen LogP contribution in [0.25, 0.3) is 0 Å². The number of carbonyl (C=O) groups is 2. The number of hydrogen-bond acceptors (Lipinski definition) is 5. The highest BCUT2D eigenvalue weighted by Gasteiger charge is 2.59. The molecule has 9 heteroatoms. The van der Waals surface area contributed by atoms with Crippen LogP contribution in [0, 0.1) is 0 Å². The Hall–Kier alpha value is -1.74. The molecular formula is C15H17F3N2O3S. The molecule has 1 aromatic carbocycles. The Labute approximate surface area is 141 Å². The number of amides is 1. The molecule has 24 heavy (non-hydrogen) atoms. The quantitative estimate of drug-likeness (QED) is 0.662. The number of nitrogens with zero attached hydrogens (tertiary/aromatic N) is 1. The van der Waals surface area contributed by atoms with Crippen molar-refractivity contribution in [3.8, 4) is 5.75 Å². The number of nitrogens with one attached hydrogen (secondary N) is 1. The Morgan fingerprint density at radius 3 is 2.54 bits per heavy atom. The molecule has 2 rings (SSSR count). The van der Waals surface area contributed by atoms with E-state index in [2.05, 4.69) is 5.32 Å². The maximum absolute atomic E-state index is 13.2. The van der Waals surface area contributed by atoms with Crippen LogP contribution in [-0.2, 0) is 4.79 Å². The summed E-state index contributed by atoms with van der Waals surface area (Å²) in [6.07, 6.45) is -4.41. The molecule has 0 saturated carbocycles. The van der Waals surface area contributed by atoms with Crippen molar-refractivity contribution in [1.29, 1.82) is 0 Å². The van der Waals surface area contributed by atoms with Crippen LogP contribution in [0.1, 0.15) is 24.2 Å². The molecule has 1 aromatic rings. The minimum Gasteiger partial charge on any atom is -0.426 e. The van der Waals surface area contributed by atoms with E-state index in [0.29, 0.717) is 0 Å². The molecule has 5 nitrogen and oxygen atoms in total. The topological polar surface area (TPSA) is 58.6 Å². The SMILES string of the molecule is CC(=O)Oc1ccccc1C(=O)NC1SCC(C)(C(F)(F)F)N1C. The molecule has 0 aliphatic carbocycles. The van der Waals surface area contributed by atoms with Gasteiger partial charge in [0.15, 0.2) is 0 Å². The zero-order chi connectivity index (χ0) is 18.1. The van der Waals surface area contributed by atoms with Gasteiger partial charge in [-0.3, -0.25) is 14.5 Å². The number of benzene rings is 1. The number of halogens is 3. The molecule has 132 valence electrons. The number of thioether (sulfide) groups is 1. The summed E-state index contributed by atoms with van der Waals surface area (Å²) in [4.78, 5) is 24.6. The predicted molar refractivity (Wildman–Crippen MR) is 83.7 cm³/mol. The Balaban J connectivity index is 2.16. The second kappa shape index (κ2) is 6.64. The number of esters is 1. The summed E-state index contributed by atoms with van der Waals surface area (Å²) in [6, 6.07) is 6.05. The third-order valence-electron chi connectivity index (χ3n) is 3.90. The van der Waals surface area contributed by atoms with E-state index in [-0.39, 0.29) is 17.1 Å². The molecule has 0 aromatic heterocycles. The summed E-state index contributed by atoms with van der Waals surface area (Å²) >= 11 is 0.993. The molecule has 2 unspecified atom stereocenters. The number of hydrogen-bond donors (Lipinski definition) is 1. The fraction of sp³-hybridized carbons (Fsp3) is 0.467. The van der Waals surface area contributed by atoms with Crippen molar-refractivity contribution in [2.24, 2.45) is 0 Å². The Morgan fingerprint density at radius 1 is 1.38 bits per heavy atom. The molecule has 0 radical (unpaired) electrons. The summed E-state index contributed by atoms with van der Waals surface area (Å²) in [5.74, 6) is -1.33. The largest absolute Gasteiger partial charge is 0.426 e. The van der Waals surface area contributed by atoms with Gasteiger partial charge in [-0.1, -0.05) is 12.1 Å². The van der Waals surface area contributed by atoms with Crippen molar-refractivity contribution in [1.82, 2.24) is 10.2 Å². The van der Waals surface area contributed by atoms with Gasteiger partial charge < -0.3 is 10.1 Å². The number of alkyl halides is 3. The highest BCUT2D eigenvalue weighted by atomic mass is 32.2. The summed E-state index contributed by atoms with van der Waals surface area (Å²) in [5.41, 5.74) is -2.78. The average molecular weight is 362 g/mol. The molecule has 1 aliphatic rings. The van der Waals surface area contributed by atoms with Crippen molar-refractivity contribution < 1.29 is 27.5 Å². The van der Waals surface area contributed by atoms with E-state index in [4.69, 9.17) is 4.74 Å². The van der Waals surface area contributed by atoms with Gasteiger partial charge in [0.25, 0.3) is 5.91 Å². The van der Waals surface area contributed by atoms with E-state index in [9.17, 15) is 22.8 Å². The van der Waals surface area contributed by atoms with Crippen LogP contribution in [0.15, 0.2) is 24.3 Å². The van der Waals surface area contributed by atoms with E-state index >= 15 is 0 Å². The number of ether oxygens (including phenoxy) is 1. The van der Waals surface area contributed by atoms with E-state index in [1.54, 1.807) is 12.1 Å². The molecule has 1 saturated heterocycles. The van der Waals surface area contributed by atoms with Crippen LogP contribution < -0.4 is 10.1 Å². The van der Waals surface area contributed by atoms with Gasteiger partial charge in [-0.2, -0.15) is 13.2 Å². The molecule has 1 heterocycles. The van der Waals surface area contributed by atoms with Crippen molar-refractivity contribution in [2.75, 3.05) is 12.8 Å². The first-order valence-corrected chi connectivity index (χ1v) is 8.11. The number of carbonyl (C=O) groups excluding carboxylic acids is 2. The van der Waals surface area contributed by atoms with Crippen LogP contribution in [0.5, 0.6) is 5.75 Å². The van der Waals surface area contributed by atoms with E-state index in [1.807, 2.05) is 0 Å². The molecule has 1 fully saturated rings. The second-order valence-corrected chi connectivity index (χ2v) is 6.68. The normalized spacial score (nSPS) is 24.7. The van der Waals surface area contributed by atoms with Crippen LogP contribution in [0.2, 0.25) is 0 Å². The molecule has 1 amide bonds. The zero-order valence-electron chi connectivity index (χ0n) is 13.3. The standard InChI is InChI=1S/C15H17F3N2O3S/c1-9(21)23-11-7-5-4-6-10(11)12(22)19-13-20(3)14(2,8-24-13)15(16,17)18/h4-7,13H,8H2,1-3H3,(H,19,22). The van der Waals surface area contributed by atoms with Gasteiger partial charge >= 0.3 is 12.1 Å². The van der Waals surface area contributed by atoms with Crippen LogP contribution in [0.4, 0.5) is 13.2 Å². The number of para-hydroxylation sites is 1. The maximum Gasteiger partial charge on any atom is 0.407 e. The van der Waals surface area contributed by atoms with Crippen molar-refractivity contribution in [2.45, 2.75) is 31.1 Å². The molecule has 1 aliphatic heterocycles. The Bertz CT molecular complexity index is 653. The highest BCUT2D eigenvalue weighted by Crippen LogP contribution is 2.44. The fourth-order valence-electron chi connectivity index (χ4n) is 2.22. The molecule has 0 bridgehead atoms. The van der Waals surface area contributed by atoms with Crippen LogP contribution >= 0.6 is 11.8 Å². The van der Waals surface area contributed by atoms with Crippen molar-refractivity contribution >= 4 is 23.6 Å². The third kappa shape index (κ3) is 3.51. The minimum atomic E-state index is -4.41. The van der Waals surface area contributed by atoms with E-state index in [1.165, 1.54) is 26.1 Å². The fourth-order valence-corrected chi connectivity index (χ4v) is 3.72. The Morgan fingerprint density at radius 2 is 2.00 bits per heavy atom. The van der Waals surface area contributed by atoms with Gasteiger partial charge in [-0.15, -0.1) is 11.8 Å². The lowest BCUT2D eigenvalue weighted by Gasteiger charge is -2.35. The predicted octanol–water partition coefficient (Wildman–Crippen LogP) is 2.62. The van der Waals surface area contributed by atoms with E-state index in [0.717, 1.165) is 23.6 Å². The van der Waals surface area contributed by atoms with Crippen molar-refractivity contribution in [3.63, 3.8) is 0 Å². The highest BCUT2D eigenvalue weighted by molar-refractivity contribution is 8.00. The lowest BCUT2D eigenvalue weighted by molar-refractivity contribution is -0.213. The van der Waals surface area contributed by atoms with Gasteiger partial charge in [0.2, 0.25) is 0 Å². The molecule has 1 N–H and O–H groups in total. The van der Waals surface area contributed by atoms with Gasteiger partial charge in [0, 0.05) is 12.7 Å². The summed E-state index contributed by atoms with van der Waals surface area (Å²) in [7, 11) is 1.32. The first kappa shape index (κ1) is 18.6. The maximum atomic E-state index is 13.2. The van der Waals surface area contributed by atoms with Crippen LogP contribution in [0.3, 0.4) is 0 Å². The van der Waals surface area contributed by atoms with Gasteiger partial charge in [-0.25, -0.2) is 0 Å². The average Bonchev–Trinajstić information content (AvgIpc) is 2.76. The number of rotatable bonds is 3. The van der Waals surface area contributed by atoms with Gasteiger partial charge in [0.1, 0.15) is 16.8 Å². The summed E-state index contributed by atoms with van der Waals surface area (Å²) < 4.78 is 44.6.